The van der Waals surface area contributed by atoms with Crippen LogP contribution in [0.3, 0.4) is 0 Å². The van der Waals surface area contributed by atoms with E-state index in [-0.39, 0.29) is 11.8 Å². The minimum absolute atomic E-state index is 0.00371. The number of nitrogens with one attached hydrogen (secondary N) is 1. The highest BCUT2D eigenvalue weighted by atomic mass is 16.2. The van der Waals surface area contributed by atoms with Crippen LogP contribution in [0.5, 0.6) is 0 Å². The van der Waals surface area contributed by atoms with E-state index in [4.69, 9.17) is 5.84 Å². The summed E-state index contributed by atoms with van der Waals surface area (Å²) in [6, 6.07) is 7.67. The maximum absolute atomic E-state index is 12.6. The third-order valence-corrected chi connectivity index (χ3v) is 3.74. The first-order valence-corrected chi connectivity index (χ1v) is 6.84. The van der Waals surface area contributed by atoms with Gasteiger partial charge in [0.15, 0.2) is 0 Å². The third-order valence-electron chi connectivity index (χ3n) is 3.74. The molecule has 108 valence electrons. The molecule has 0 spiro atoms. The second-order valence-electron chi connectivity index (χ2n) is 5.84. The van der Waals surface area contributed by atoms with Crippen molar-refractivity contribution in [1.29, 1.82) is 0 Å². The molecule has 0 bridgehead atoms. The van der Waals surface area contributed by atoms with Gasteiger partial charge < -0.3 is 4.90 Å². The van der Waals surface area contributed by atoms with Crippen LogP contribution in [-0.4, -0.2) is 29.8 Å². The standard InChI is InChI=1S/C15H21N3O2/c1-15(2,14(20)17-16)10-18-9-5-7-11-6-3-4-8-12(11)13(18)19/h3-4,6,8H,5,7,9-10,16H2,1-2H3,(H,17,20). The van der Waals surface area contributed by atoms with Gasteiger partial charge in [0, 0.05) is 18.7 Å². The first-order valence-electron chi connectivity index (χ1n) is 6.84. The molecule has 0 fully saturated rings. The Morgan fingerprint density at radius 2 is 2.10 bits per heavy atom. The van der Waals surface area contributed by atoms with E-state index in [1.54, 1.807) is 18.7 Å². The number of rotatable bonds is 3. The molecule has 2 amide bonds. The number of hydrogen-bond acceptors (Lipinski definition) is 3. The zero-order valence-electron chi connectivity index (χ0n) is 12.0. The minimum Gasteiger partial charge on any atom is -0.338 e. The minimum atomic E-state index is -0.705. The number of fused-ring (bicyclic) bond motifs is 1. The highest BCUT2D eigenvalue weighted by Gasteiger charge is 2.33. The van der Waals surface area contributed by atoms with E-state index < -0.39 is 5.41 Å². The quantitative estimate of drug-likeness (QED) is 0.492. The van der Waals surface area contributed by atoms with Gasteiger partial charge in [0.2, 0.25) is 5.91 Å². The highest BCUT2D eigenvalue weighted by molar-refractivity contribution is 5.96. The molecule has 0 aromatic heterocycles. The molecule has 5 heteroatoms. The molecule has 0 aliphatic carbocycles. The average molecular weight is 275 g/mol. The van der Waals surface area contributed by atoms with Gasteiger partial charge in [-0.1, -0.05) is 18.2 Å². The Morgan fingerprint density at radius 3 is 2.80 bits per heavy atom. The Bertz CT molecular complexity index is 526. The van der Waals surface area contributed by atoms with Crippen molar-refractivity contribution < 1.29 is 9.59 Å². The summed E-state index contributed by atoms with van der Waals surface area (Å²) >= 11 is 0. The fourth-order valence-electron chi connectivity index (χ4n) is 2.57. The smallest absolute Gasteiger partial charge is 0.254 e. The number of carbonyl (C=O) groups excluding carboxylic acids is 2. The summed E-state index contributed by atoms with van der Waals surface area (Å²) in [6.07, 6.45) is 1.80. The van der Waals surface area contributed by atoms with Crippen LogP contribution in [0.2, 0.25) is 0 Å². The van der Waals surface area contributed by atoms with Crippen LogP contribution in [0.25, 0.3) is 0 Å². The van der Waals surface area contributed by atoms with Crippen LogP contribution >= 0.6 is 0 Å². The first kappa shape index (κ1) is 14.5. The number of benzene rings is 1. The number of hydrogen-bond donors (Lipinski definition) is 2. The number of carbonyl (C=O) groups is 2. The zero-order chi connectivity index (χ0) is 14.8. The van der Waals surface area contributed by atoms with Crippen molar-refractivity contribution in [1.82, 2.24) is 10.3 Å². The van der Waals surface area contributed by atoms with E-state index in [0.717, 1.165) is 24.0 Å². The number of hydrazine groups is 1. The predicted molar refractivity (Wildman–Crippen MR) is 76.8 cm³/mol. The van der Waals surface area contributed by atoms with Crippen LogP contribution in [-0.2, 0) is 11.2 Å². The SMILES string of the molecule is CC(C)(CN1CCCc2ccccc2C1=O)C(=O)NN. The van der Waals surface area contributed by atoms with Crippen molar-refractivity contribution in [2.75, 3.05) is 13.1 Å². The van der Waals surface area contributed by atoms with Crippen LogP contribution in [0.1, 0.15) is 36.2 Å². The van der Waals surface area contributed by atoms with Crippen LogP contribution in [0.4, 0.5) is 0 Å². The normalized spacial score (nSPS) is 15.6. The summed E-state index contributed by atoms with van der Waals surface area (Å²) < 4.78 is 0. The molecule has 20 heavy (non-hydrogen) atoms. The second-order valence-corrected chi connectivity index (χ2v) is 5.84. The molecule has 5 nitrogen and oxygen atoms in total. The molecule has 0 saturated carbocycles. The Hall–Kier alpha value is -1.88. The zero-order valence-corrected chi connectivity index (χ0v) is 12.0. The first-order chi connectivity index (χ1) is 9.45. The lowest BCUT2D eigenvalue weighted by atomic mass is 9.91. The summed E-state index contributed by atoms with van der Waals surface area (Å²) in [5.41, 5.74) is 3.29. The average Bonchev–Trinajstić information content (AvgIpc) is 2.58. The van der Waals surface area contributed by atoms with E-state index in [2.05, 4.69) is 5.43 Å². The maximum Gasteiger partial charge on any atom is 0.254 e. The fourth-order valence-corrected chi connectivity index (χ4v) is 2.57. The molecule has 0 unspecified atom stereocenters. The van der Waals surface area contributed by atoms with Gasteiger partial charge in [-0.15, -0.1) is 0 Å². The summed E-state index contributed by atoms with van der Waals surface area (Å²) in [5.74, 6) is 4.94. The molecule has 1 aliphatic heterocycles. The van der Waals surface area contributed by atoms with Gasteiger partial charge >= 0.3 is 0 Å². The number of nitrogens with two attached hydrogens (primary N) is 1. The second kappa shape index (κ2) is 5.63. The lowest BCUT2D eigenvalue weighted by Gasteiger charge is -2.30. The number of nitrogens with zero attached hydrogens (tertiary/aromatic N) is 1. The Labute approximate surface area is 119 Å². The molecule has 1 aromatic rings. The molecule has 1 heterocycles. The maximum atomic E-state index is 12.6. The molecule has 0 atom stereocenters. The Morgan fingerprint density at radius 1 is 1.40 bits per heavy atom. The van der Waals surface area contributed by atoms with Crippen molar-refractivity contribution in [2.45, 2.75) is 26.7 Å². The topological polar surface area (TPSA) is 75.4 Å². The summed E-state index contributed by atoms with van der Waals surface area (Å²) in [7, 11) is 0. The summed E-state index contributed by atoms with van der Waals surface area (Å²) in [6.45, 7) is 4.61. The van der Waals surface area contributed by atoms with Gasteiger partial charge in [-0.25, -0.2) is 5.84 Å². The van der Waals surface area contributed by atoms with Gasteiger partial charge in [0.05, 0.1) is 5.41 Å². The van der Waals surface area contributed by atoms with E-state index in [1.807, 2.05) is 24.3 Å². The van der Waals surface area contributed by atoms with Crippen molar-refractivity contribution in [3.05, 3.63) is 35.4 Å². The van der Waals surface area contributed by atoms with Gasteiger partial charge in [0.1, 0.15) is 0 Å². The van der Waals surface area contributed by atoms with Crippen molar-refractivity contribution in [3.63, 3.8) is 0 Å². The summed E-state index contributed by atoms with van der Waals surface area (Å²) in [5, 5.41) is 0. The largest absolute Gasteiger partial charge is 0.338 e. The lowest BCUT2D eigenvalue weighted by Crippen LogP contribution is -2.48. The van der Waals surface area contributed by atoms with E-state index in [9.17, 15) is 9.59 Å². The number of aryl methyl sites for hydroxylation is 1. The van der Waals surface area contributed by atoms with E-state index in [0.29, 0.717) is 13.1 Å². The lowest BCUT2D eigenvalue weighted by molar-refractivity contribution is -0.130. The van der Waals surface area contributed by atoms with Gasteiger partial charge in [-0.2, -0.15) is 0 Å². The van der Waals surface area contributed by atoms with Crippen LogP contribution in [0.15, 0.2) is 24.3 Å². The molecule has 0 radical (unpaired) electrons. The van der Waals surface area contributed by atoms with E-state index in [1.165, 1.54) is 0 Å². The molecule has 2 rings (SSSR count). The van der Waals surface area contributed by atoms with Crippen molar-refractivity contribution in [3.8, 4) is 0 Å². The molecular weight excluding hydrogens is 254 g/mol. The molecule has 0 saturated heterocycles. The van der Waals surface area contributed by atoms with Crippen LogP contribution < -0.4 is 11.3 Å². The van der Waals surface area contributed by atoms with Crippen molar-refractivity contribution >= 4 is 11.8 Å². The van der Waals surface area contributed by atoms with Gasteiger partial charge in [-0.3, -0.25) is 15.0 Å². The number of amides is 2. The highest BCUT2D eigenvalue weighted by Crippen LogP contribution is 2.23. The predicted octanol–water partition coefficient (Wildman–Crippen LogP) is 1.09. The fraction of sp³-hybridized carbons (Fsp3) is 0.467. The third kappa shape index (κ3) is 2.82. The molecular formula is C15H21N3O2. The Balaban J connectivity index is 2.22. The molecule has 3 N–H and O–H groups in total. The molecule has 1 aliphatic rings. The Kier molecular flexibility index (Phi) is 4.09. The van der Waals surface area contributed by atoms with Crippen molar-refractivity contribution in [2.24, 2.45) is 11.3 Å². The van der Waals surface area contributed by atoms with Crippen LogP contribution in [0, 0.1) is 5.41 Å². The van der Waals surface area contributed by atoms with Gasteiger partial charge in [-0.05, 0) is 38.3 Å². The molecule has 1 aromatic carbocycles. The van der Waals surface area contributed by atoms with E-state index >= 15 is 0 Å². The monoisotopic (exact) mass is 275 g/mol. The van der Waals surface area contributed by atoms with Gasteiger partial charge in [0.25, 0.3) is 5.91 Å². The summed E-state index contributed by atoms with van der Waals surface area (Å²) in [4.78, 5) is 26.1.